The summed E-state index contributed by atoms with van der Waals surface area (Å²) in [4.78, 5) is 11.0. The zero-order valence-electron chi connectivity index (χ0n) is 12.6. The number of anilines is 1. The first-order chi connectivity index (χ1) is 10.6. The Kier molecular flexibility index (Phi) is 4.04. The maximum Gasteiger partial charge on any atom is 0.225 e. The maximum absolute atomic E-state index is 13.1. The zero-order valence-corrected chi connectivity index (χ0v) is 12.6. The minimum atomic E-state index is -0.754. The summed E-state index contributed by atoms with van der Waals surface area (Å²) in [5, 5.41) is 3.30. The summed E-state index contributed by atoms with van der Waals surface area (Å²) in [6.07, 6.45) is 3.52. The quantitative estimate of drug-likeness (QED) is 0.893. The first kappa shape index (κ1) is 14.9. The van der Waals surface area contributed by atoms with E-state index in [9.17, 15) is 4.39 Å². The third kappa shape index (κ3) is 2.93. The van der Waals surface area contributed by atoms with E-state index in [2.05, 4.69) is 20.2 Å². The van der Waals surface area contributed by atoms with Crippen molar-refractivity contribution < 1.29 is 4.39 Å². The normalized spacial score (nSPS) is 18.0. The molecule has 0 spiro atoms. The highest BCUT2D eigenvalue weighted by Crippen LogP contribution is 2.26. The monoisotopic (exact) mass is 301 g/mol. The van der Waals surface area contributed by atoms with E-state index >= 15 is 0 Å². The van der Waals surface area contributed by atoms with Gasteiger partial charge >= 0.3 is 0 Å². The van der Waals surface area contributed by atoms with Crippen LogP contribution in [-0.2, 0) is 5.54 Å². The molecule has 0 aliphatic carbocycles. The van der Waals surface area contributed by atoms with E-state index in [0.29, 0.717) is 0 Å². The van der Waals surface area contributed by atoms with Crippen molar-refractivity contribution in [3.63, 3.8) is 0 Å². The summed E-state index contributed by atoms with van der Waals surface area (Å²) in [5.41, 5.74) is 7.29. The standard InChI is InChI=1S/C16H20FN5/c1-16(18,12-2-4-14(17)5-3-12)13-10-20-15(21-11-13)22-8-6-19-7-9-22/h2-5,10-11,19H,6-9,18H2,1H3. The first-order valence-electron chi connectivity index (χ1n) is 7.40. The molecule has 1 atom stereocenters. The van der Waals surface area contributed by atoms with Gasteiger partial charge in [-0.25, -0.2) is 14.4 Å². The Hall–Kier alpha value is -2.05. The fraction of sp³-hybridized carbons (Fsp3) is 0.375. The Morgan fingerprint density at radius 2 is 1.68 bits per heavy atom. The number of hydrogen-bond acceptors (Lipinski definition) is 5. The van der Waals surface area contributed by atoms with Crippen LogP contribution in [0.15, 0.2) is 36.7 Å². The van der Waals surface area contributed by atoms with Gasteiger partial charge in [-0.15, -0.1) is 0 Å². The van der Waals surface area contributed by atoms with Gasteiger partial charge in [0.05, 0.1) is 5.54 Å². The number of nitrogens with zero attached hydrogens (tertiary/aromatic N) is 3. The number of hydrogen-bond donors (Lipinski definition) is 2. The molecule has 1 fully saturated rings. The zero-order chi connectivity index (χ0) is 15.6. The number of rotatable bonds is 3. The van der Waals surface area contributed by atoms with E-state index in [1.165, 1.54) is 12.1 Å². The van der Waals surface area contributed by atoms with Crippen molar-refractivity contribution >= 4 is 5.95 Å². The van der Waals surface area contributed by atoms with Crippen molar-refractivity contribution in [2.24, 2.45) is 5.73 Å². The summed E-state index contributed by atoms with van der Waals surface area (Å²) >= 11 is 0. The Bertz CT molecular complexity index is 618. The van der Waals surface area contributed by atoms with Crippen LogP contribution < -0.4 is 16.0 Å². The predicted octanol–water partition coefficient (Wildman–Crippen LogP) is 1.25. The van der Waals surface area contributed by atoms with Crippen LogP contribution in [0, 0.1) is 5.82 Å². The van der Waals surface area contributed by atoms with Gasteiger partial charge in [0.15, 0.2) is 0 Å². The molecule has 0 amide bonds. The van der Waals surface area contributed by atoms with Crippen LogP contribution >= 0.6 is 0 Å². The van der Waals surface area contributed by atoms with Crippen LogP contribution in [0.4, 0.5) is 10.3 Å². The molecule has 1 unspecified atom stereocenters. The molecule has 0 radical (unpaired) electrons. The van der Waals surface area contributed by atoms with E-state index in [4.69, 9.17) is 5.73 Å². The molecule has 2 aromatic rings. The Balaban J connectivity index is 1.83. The van der Waals surface area contributed by atoms with E-state index in [0.717, 1.165) is 43.3 Å². The summed E-state index contributed by atoms with van der Waals surface area (Å²) in [6.45, 7) is 5.56. The molecule has 1 aromatic carbocycles. The molecule has 3 N–H and O–H groups in total. The molecule has 2 heterocycles. The fourth-order valence-electron chi connectivity index (χ4n) is 2.58. The van der Waals surface area contributed by atoms with Gasteiger partial charge in [-0.2, -0.15) is 0 Å². The SMILES string of the molecule is CC(N)(c1ccc(F)cc1)c1cnc(N2CCNCC2)nc1. The van der Waals surface area contributed by atoms with Crippen molar-refractivity contribution in [2.75, 3.05) is 31.1 Å². The highest BCUT2D eigenvalue weighted by molar-refractivity contribution is 5.38. The lowest BCUT2D eigenvalue weighted by atomic mass is 9.87. The van der Waals surface area contributed by atoms with Crippen LogP contribution in [0.3, 0.4) is 0 Å². The summed E-state index contributed by atoms with van der Waals surface area (Å²) < 4.78 is 13.1. The number of piperazine rings is 1. The second-order valence-electron chi connectivity index (χ2n) is 5.72. The van der Waals surface area contributed by atoms with Gasteiger partial charge in [-0.1, -0.05) is 12.1 Å². The molecular formula is C16H20FN5. The van der Waals surface area contributed by atoms with Crippen molar-refractivity contribution in [2.45, 2.75) is 12.5 Å². The van der Waals surface area contributed by atoms with Crippen molar-refractivity contribution in [1.29, 1.82) is 0 Å². The van der Waals surface area contributed by atoms with Crippen LogP contribution in [0.1, 0.15) is 18.1 Å². The summed E-state index contributed by atoms with van der Waals surface area (Å²) in [6, 6.07) is 6.21. The largest absolute Gasteiger partial charge is 0.338 e. The van der Waals surface area contributed by atoms with Gasteiger partial charge in [0, 0.05) is 44.1 Å². The molecule has 6 heteroatoms. The lowest BCUT2D eigenvalue weighted by Gasteiger charge is -2.29. The number of nitrogens with one attached hydrogen (secondary N) is 1. The Labute approximate surface area is 129 Å². The molecule has 0 saturated carbocycles. The molecule has 3 rings (SSSR count). The predicted molar refractivity (Wildman–Crippen MR) is 84.2 cm³/mol. The van der Waals surface area contributed by atoms with Gasteiger partial charge < -0.3 is 16.0 Å². The van der Waals surface area contributed by atoms with Crippen LogP contribution in [0.5, 0.6) is 0 Å². The second-order valence-corrected chi connectivity index (χ2v) is 5.72. The van der Waals surface area contributed by atoms with Crippen molar-refractivity contribution in [3.8, 4) is 0 Å². The molecule has 1 aromatic heterocycles. The topological polar surface area (TPSA) is 67.1 Å². The summed E-state index contributed by atoms with van der Waals surface area (Å²) in [7, 11) is 0. The number of benzene rings is 1. The van der Waals surface area contributed by atoms with Gasteiger partial charge in [0.2, 0.25) is 5.95 Å². The lowest BCUT2D eigenvalue weighted by molar-refractivity contribution is 0.572. The van der Waals surface area contributed by atoms with Gasteiger partial charge in [0.1, 0.15) is 5.82 Å². The van der Waals surface area contributed by atoms with Crippen LogP contribution in [0.2, 0.25) is 0 Å². The number of halogens is 1. The Morgan fingerprint density at radius 1 is 1.09 bits per heavy atom. The minimum Gasteiger partial charge on any atom is -0.338 e. The molecule has 1 saturated heterocycles. The molecule has 1 aliphatic rings. The van der Waals surface area contributed by atoms with Gasteiger partial charge in [0.25, 0.3) is 0 Å². The van der Waals surface area contributed by atoms with E-state index in [1.807, 2.05) is 6.92 Å². The lowest BCUT2D eigenvalue weighted by Crippen LogP contribution is -2.44. The van der Waals surface area contributed by atoms with Gasteiger partial charge in [-0.3, -0.25) is 0 Å². The highest BCUT2D eigenvalue weighted by Gasteiger charge is 2.25. The van der Waals surface area contributed by atoms with Crippen LogP contribution in [0.25, 0.3) is 0 Å². The second kappa shape index (κ2) is 5.98. The van der Waals surface area contributed by atoms with E-state index in [-0.39, 0.29) is 5.82 Å². The smallest absolute Gasteiger partial charge is 0.225 e. The van der Waals surface area contributed by atoms with Gasteiger partial charge in [-0.05, 0) is 24.6 Å². The molecule has 5 nitrogen and oxygen atoms in total. The minimum absolute atomic E-state index is 0.273. The molecule has 0 bridgehead atoms. The molecule has 1 aliphatic heterocycles. The number of aromatic nitrogens is 2. The Morgan fingerprint density at radius 3 is 2.27 bits per heavy atom. The average Bonchev–Trinajstić information content (AvgIpc) is 2.56. The van der Waals surface area contributed by atoms with Crippen molar-refractivity contribution in [1.82, 2.24) is 15.3 Å². The third-order valence-electron chi connectivity index (χ3n) is 4.08. The third-order valence-corrected chi connectivity index (χ3v) is 4.08. The van der Waals surface area contributed by atoms with Crippen molar-refractivity contribution in [3.05, 3.63) is 53.6 Å². The summed E-state index contributed by atoms with van der Waals surface area (Å²) in [5.74, 6) is 0.449. The first-order valence-corrected chi connectivity index (χ1v) is 7.40. The van der Waals surface area contributed by atoms with Crippen LogP contribution in [-0.4, -0.2) is 36.1 Å². The number of nitrogens with two attached hydrogens (primary N) is 1. The average molecular weight is 301 g/mol. The molecular weight excluding hydrogens is 281 g/mol. The molecule has 22 heavy (non-hydrogen) atoms. The maximum atomic E-state index is 13.1. The highest BCUT2D eigenvalue weighted by atomic mass is 19.1. The fourth-order valence-corrected chi connectivity index (χ4v) is 2.58. The van der Waals surface area contributed by atoms with E-state index in [1.54, 1.807) is 24.5 Å². The van der Waals surface area contributed by atoms with E-state index < -0.39 is 5.54 Å². The molecule has 116 valence electrons.